The van der Waals surface area contributed by atoms with Crippen LogP contribution in [0.2, 0.25) is 0 Å². The molecule has 0 heterocycles. The van der Waals surface area contributed by atoms with Gasteiger partial charge in [-0.2, -0.15) is 8.42 Å². The average molecular weight is 222 g/mol. The van der Waals surface area contributed by atoms with E-state index in [1.165, 1.54) is 0 Å². The summed E-state index contributed by atoms with van der Waals surface area (Å²) in [6.45, 7) is 1.91. The van der Waals surface area contributed by atoms with Crippen LogP contribution in [0.15, 0.2) is 24.3 Å². The van der Waals surface area contributed by atoms with Gasteiger partial charge >= 0.3 is 10.4 Å². The first-order valence-electron chi connectivity index (χ1n) is 3.73. The summed E-state index contributed by atoms with van der Waals surface area (Å²) >= 11 is 0. The predicted molar refractivity (Wildman–Crippen MR) is 53.0 cm³/mol. The second-order valence-corrected chi connectivity index (χ2v) is 3.98. The Balaban J connectivity index is 0.000000292. The molecule has 0 saturated carbocycles. The molecule has 6 nitrogen and oxygen atoms in total. The summed E-state index contributed by atoms with van der Waals surface area (Å²) in [5.74, 6) is 0. The van der Waals surface area contributed by atoms with Crippen LogP contribution >= 0.6 is 0 Å². The van der Waals surface area contributed by atoms with E-state index >= 15 is 0 Å². The first kappa shape index (κ1) is 13.3. The molecular formula is C7H14N2O4S. The third-order valence-electron chi connectivity index (χ3n) is 1.60. The fraction of sp³-hybridized carbons (Fsp3) is 0.429. The van der Waals surface area contributed by atoms with Crippen molar-refractivity contribution < 1.29 is 17.5 Å². The Labute approximate surface area is 82.9 Å². The maximum atomic E-state index is 8.74. The molecule has 6 N–H and O–H groups in total. The topological polar surface area (TPSA) is 127 Å². The van der Waals surface area contributed by atoms with Crippen molar-refractivity contribution in [1.82, 2.24) is 0 Å². The monoisotopic (exact) mass is 222 g/mol. The fourth-order valence-corrected chi connectivity index (χ4v) is 0.765. The van der Waals surface area contributed by atoms with Crippen molar-refractivity contribution in [3.63, 3.8) is 0 Å². The van der Waals surface area contributed by atoms with Crippen molar-refractivity contribution in [2.75, 3.05) is 0 Å². The molecule has 14 heavy (non-hydrogen) atoms. The van der Waals surface area contributed by atoms with Crippen LogP contribution in [0.5, 0.6) is 0 Å². The van der Waals surface area contributed by atoms with Gasteiger partial charge in [-0.3, -0.25) is 9.11 Å². The molecule has 1 aliphatic rings. The molecule has 82 valence electrons. The SMILES string of the molecule is CC1(N)C=CC=CC1N.O=S(=O)(O)O. The number of rotatable bonds is 0. The minimum absolute atomic E-state index is 0.0394. The molecular weight excluding hydrogens is 208 g/mol. The van der Waals surface area contributed by atoms with Crippen molar-refractivity contribution in [2.45, 2.75) is 18.5 Å². The van der Waals surface area contributed by atoms with Crippen molar-refractivity contribution >= 4 is 10.4 Å². The van der Waals surface area contributed by atoms with Crippen LogP contribution in [0.1, 0.15) is 6.92 Å². The zero-order valence-electron chi connectivity index (χ0n) is 7.66. The van der Waals surface area contributed by atoms with Gasteiger partial charge in [0, 0.05) is 6.04 Å². The lowest BCUT2D eigenvalue weighted by molar-refractivity contribution is 0.381. The Morgan fingerprint density at radius 3 is 2.00 bits per heavy atom. The highest BCUT2D eigenvalue weighted by Gasteiger charge is 2.22. The lowest BCUT2D eigenvalue weighted by Gasteiger charge is -2.27. The van der Waals surface area contributed by atoms with Crippen molar-refractivity contribution in [3.05, 3.63) is 24.3 Å². The van der Waals surface area contributed by atoms with E-state index in [1.807, 2.05) is 31.2 Å². The van der Waals surface area contributed by atoms with Gasteiger partial charge in [-0.05, 0) is 6.92 Å². The minimum atomic E-state index is -4.67. The van der Waals surface area contributed by atoms with Gasteiger partial charge in [0.2, 0.25) is 0 Å². The molecule has 0 aromatic rings. The molecule has 0 aromatic carbocycles. The van der Waals surface area contributed by atoms with E-state index in [-0.39, 0.29) is 11.6 Å². The quantitative estimate of drug-likeness (QED) is 0.409. The molecule has 7 heteroatoms. The Kier molecular flexibility index (Phi) is 4.43. The van der Waals surface area contributed by atoms with Crippen LogP contribution < -0.4 is 11.5 Å². The molecule has 0 radical (unpaired) electrons. The largest absolute Gasteiger partial charge is 0.394 e. The Hall–Kier alpha value is -0.730. The lowest BCUT2D eigenvalue weighted by atomic mass is 9.90. The molecule has 1 aliphatic carbocycles. The van der Waals surface area contributed by atoms with E-state index in [0.717, 1.165) is 0 Å². The van der Waals surface area contributed by atoms with Gasteiger partial charge in [0.05, 0.1) is 5.54 Å². The average Bonchev–Trinajstić information content (AvgIpc) is 1.92. The standard InChI is InChI=1S/C7H12N2.H2O4S/c1-7(9)5-3-2-4-6(7)8;1-5(2,3)4/h2-6H,8-9H2,1H3;(H2,1,2,3,4). The summed E-state index contributed by atoms with van der Waals surface area (Å²) in [6.07, 6.45) is 7.65. The van der Waals surface area contributed by atoms with Gasteiger partial charge in [0.25, 0.3) is 0 Å². The zero-order valence-corrected chi connectivity index (χ0v) is 8.48. The highest BCUT2D eigenvalue weighted by atomic mass is 32.3. The molecule has 0 aromatic heterocycles. The number of nitrogens with two attached hydrogens (primary N) is 2. The summed E-state index contributed by atoms with van der Waals surface area (Å²) in [6, 6.07) is -0.0394. The number of hydrogen-bond acceptors (Lipinski definition) is 4. The van der Waals surface area contributed by atoms with Gasteiger partial charge < -0.3 is 11.5 Å². The molecule has 2 unspecified atom stereocenters. The van der Waals surface area contributed by atoms with E-state index in [4.69, 9.17) is 29.0 Å². The maximum Gasteiger partial charge on any atom is 0.394 e. The summed E-state index contributed by atoms with van der Waals surface area (Å²) in [7, 11) is -4.67. The molecule has 0 fully saturated rings. The molecule has 0 aliphatic heterocycles. The molecule has 2 atom stereocenters. The van der Waals surface area contributed by atoms with Gasteiger partial charge in [-0.25, -0.2) is 0 Å². The van der Waals surface area contributed by atoms with Gasteiger partial charge in [0.15, 0.2) is 0 Å². The van der Waals surface area contributed by atoms with Crippen LogP contribution in [0, 0.1) is 0 Å². The van der Waals surface area contributed by atoms with Crippen LogP contribution in [-0.2, 0) is 10.4 Å². The molecule has 0 bridgehead atoms. The first-order valence-corrected chi connectivity index (χ1v) is 5.13. The summed E-state index contributed by atoms with van der Waals surface area (Å²) in [5, 5.41) is 0. The summed E-state index contributed by atoms with van der Waals surface area (Å²) < 4.78 is 31.6. The fourth-order valence-electron chi connectivity index (χ4n) is 0.765. The van der Waals surface area contributed by atoms with Crippen LogP contribution in [0.3, 0.4) is 0 Å². The lowest BCUT2D eigenvalue weighted by Crippen LogP contribution is -2.51. The van der Waals surface area contributed by atoms with E-state index in [2.05, 4.69) is 0 Å². The number of allylic oxidation sites excluding steroid dienone is 2. The third-order valence-corrected chi connectivity index (χ3v) is 1.60. The highest BCUT2D eigenvalue weighted by molar-refractivity contribution is 7.79. The second-order valence-electron chi connectivity index (χ2n) is 3.08. The van der Waals surface area contributed by atoms with Gasteiger partial charge in [0.1, 0.15) is 0 Å². The summed E-state index contributed by atoms with van der Waals surface area (Å²) in [5.41, 5.74) is 11.1. The van der Waals surface area contributed by atoms with Gasteiger partial charge in [-0.1, -0.05) is 24.3 Å². The Morgan fingerprint density at radius 1 is 1.36 bits per heavy atom. The molecule has 1 rings (SSSR count). The normalized spacial score (nSPS) is 30.8. The van der Waals surface area contributed by atoms with E-state index in [0.29, 0.717) is 0 Å². The third kappa shape index (κ3) is 6.75. The second kappa shape index (κ2) is 4.67. The highest BCUT2D eigenvalue weighted by Crippen LogP contribution is 2.11. The van der Waals surface area contributed by atoms with E-state index < -0.39 is 10.4 Å². The predicted octanol–water partition coefficient (Wildman–Crippen LogP) is -0.496. The van der Waals surface area contributed by atoms with Crippen molar-refractivity contribution in [3.8, 4) is 0 Å². The van der Waals surface area contributed by atoms with Crippen molar-refractivity contribution in [1.29, 1.82) is 0 Å². The molecule has 0 saturated heterocycles. The van der Waals surface area contributed by atoms with E-state index in [1.54, 1.807) is 0 Å². The van der Waals surface area contributed by atoms with Gasteiger partial charge in [-0.15, -0.1) is 0 Å². The van der Waals surface area contributed by atoms with Crippen LogP contribution in [-0.4, -0.2) is 29.1 Å². The van der Waals surface area contributed by atoms with Crippen LogP contribution in [0.4, 0.5) is 0 Å². The Morgan fingerprint density at radius 2 is 1.79 bits per heavy atom. The Bertz CT molecular complexity index is 324. The first-order chi connectivity index (χ1) is 6.13. The molecule has 0 amide bonds. The molecule has 0 spiro atoms. The van der Waals surface area contributed by atoms with E-state index in [9.17, 15) is 0 Å². The zero-order chi connectivity index (χ0) is 11.4. The summed E-state index contributed by atoms with van der Waals surface area (Å²) in [4.78, 5) is 0. The maximum absolute atomic E-state index is 8.74. The minimum Gasteiger partial charge on any atom is -0.323 e. The van der Waals surface area contributed by atoms with Crippen molar-refractivity contribution in [2.24, 2.45) is 11.5 Å². The number of hydrogen-bond donors (Lipinski definition) is 4. The smallest absolute Gasteiger partial charge is 0.323 e. The van der Waals surface area contributed by atoms with Crippen LogP contribution in [0.25, 0.3) is 0 Å².